The Morgan fingerprint density at radius 1 is 0.680 bits per heavy atom. The van der Waals surface area contributed by atoms with E-state index in [-0.39, 0.29) is 5.97 Å². The monoisotopic (exact) mass is 374 g/mol. The maximum atomic E-state index is 11.6. The smallest absolute Gasteiger partial charge is 0.324 e. The van der Waals surface area contributed by atoms with Crippen molar-refractivity contribution < 1.29 is 9.53 Å². The molecule has 0 aromatic heterocycles. The van der Waals surface area contributed by atoms with Crippen LogP contribution >= 0.6 is 11.6 Å². The molecule has 0 N–H and O–H groups in total. The zero-order valence-corrected chi connectivity index (χ0v) is 17.8. The van der Waals surface area contributed by atoms with Gasteiger partial charge >= 0.3 is 5.97 Å². The maximum Gasteiger partial charge on any atom is 0.324 e. The van der Waals surface area contributed by atoms with Crippen LogP contribution in [0, 0.1) is 0 Å². The molecule has 0 aromatic carbocycles. The number of unbranched alkanes of at least 4 members (excludes halogenated alkanes) is 14. The number of carbonyl (C=O) groups is 1. The number of carbonyl (C=O) groups excluding carboxylic acids is 1. The number of ether oxygens (including phenoxy) is 1. The normalized spacial score (nSPS) is 12.3. The molecule has 150 valence electrons. The molecule has 1 unspecified atom stereocenters. The first kappa shape index (κ1) is 24.8. The van der Waals surface area contributed by atoms with Crippen LogP contribution in [0.25, 0.3) is 0 Å². The fourth-order valence-electron chi connectivity index (χ4n) is 3.04. The van der Waals surface area contributed by atoms with E-state index in [1.165, 1.54) is 83.5 Å². The third-order valence-electron chi connectivity index (χ3n) is 4.81. The quantitative estimate of drug-likeness (QED) is 0.131. The number of rotatable bonds is 19. The third kappa shape index (κ3) is 18.4. The molecule has 2 nitrogen and oxygen atoms in total. The summed E-state index contributed by atoms with van der Waals surface area (Å²) in [5.74, 6) is -0.232. The summed E-state index contributed by atoms with van der Waals surface area (Å²) in [6.07, 6.45) is 21.6. The Morgan fingerprint density at radius 3 is 1.52 bits per heavy atom. The van der Waals surface area contributed by atoms with Crippen LogP contribution in [0.1, 0.15) is 123 Å². The van der Waals surface area contributed by atoms with Crippen molar-refractivity contribution in [2.45, 2.75) is 128 Å². The molecule has 0 saturated heterocycles. The van der Waals surface area contributed by atoms with Gasteiger partial charge in [-0.25, -0.2) is 0 Å². The van der Waals surface area contributed by atoms with Gasteiger partial charge in [0.1, 0.15) is 5.38 Å². The molecule has 0 bridgehead atoms. The minimum atomic E-state index is -0.450. The van der Waals surface area contributed by atoms with Crippen molar-refractivity contribution in [2.24, 2.45) is 0 Å². The Labute approximate surface area is 162 Å². The van der Waals surface area contributed by atoms with E-state index >= 15 is 0 Å². The second-order valence-electron chi connectivity index (χ2n) is 7.37. The maximum absolute atomic E-state index is 11.6. The molecule has 0 aliphatic rings. The van der Waals surface area contributed by atoms with Crippen molar-refractivity contribution in [3.8, 4) is 0 Å². The van der Waals surface area contributed by atoms with Gasteiger partial charge in [-0.15, -0.1) is 11.6 Å². The van der Waals surface area contributed by atoms with E-state index in [9.17, 15) is 4.79 Å². The van der Waals surface area contributed by atoms with Crippen LogP contribution in [0.4, 0.5) is 0 Å². The lowest BCUT2D eigenvalue weighted by molar-refractivity contribution is -0.143. The average molecular weight is 375 g/mol. The van der Waals surface area contributed by atoms with Crippen LogP contribution in [-0.2, 0) is 9.53 Å². The first-order valence-corrected chi connectivity index (χ1v) is 11.5. The Hall–Kier alpha value is -0.240. The lowest BCUT2D eigenvalue weighted by Crippen LogP contribution is -2.18. The summed E-state index contributed by atoms with van der Waals surface area (Å²) in [5, 5.41) is -0.450. The summed E-state index contributed by atoms with van der Waals surface area (Å²) >= 11 is 6.09. The second kappa shape index (κ2) is 20.1. The first-order valence-electron chi connectivity index (χ1n) is 11.0. The standard InChI is InChI=1S/C22H43ClO2/c1-3-5-7-8-9-10-11-12-13-14-15-16-17-18-19-21(23)22(24)25-20-6-4-2/h21H,3-20H2,1-2H3. The Morgan fingerprint density at radius 2 is 1.08 bits per heavy atom. The predicted molar refractivity (Wildman–Crippen MR) is 110 cm³/mol. The Kier molecular flexibility index (Phi) is 19.9. The molecule has 0 heterocycles. The number of halogens is 1. The summed E-state index contributed by atoms with van der Waals surface area (Å²) in [6.45, 7) is 4.87. The highest BCUT2D eigenvalue weighted by molar-refractivity contribution is 6.29. The summed E-state index contributed by atoms with van der Waals surface area (Å²) in [6, 6.07) is 0. The minimum Gasteiger partial charge on any atom is -0.465 e. The number of hydrogen-bond donors (Lipinski definition) is 0. The molecule has 1 atom stereocenters. The van der Waals surface area contributed by atoms with Gasteiger partial charge in [-0.05, 0) is 12.8 Å². The fourth-order valence-corrected chi connectivity index (χ4v) is 3.26. The van der Waals surface area contributed by atoms with E-state index in [4.69, 9.17) is 16.3 Å². The molecular weight excluding hydrogens is 332 g/mol. The SMILES string of the molecule is CCCCCCCCCCCCCCCCC(Cl)C(=O)OCCCC. The van der Waals surface area contributed by atoms with Gasteiger partial charge in [-0.2, -0.15) is 0 Å². The topological polar surface area (TPSA) is 26.3 Å². The molecular formula is C22H43ClO2. The van der Waals surface area contributed by atoms with E-state index in [1.54, 1.807) is 0 Å². The van der Waals surface area contributed by atoms with Crippen LogP contribution < -0.4 is 0 Å². The van der Waals surface area contributed by atoms with Crippen molar-refractivity contribution in [3.63, 3.8) is 0 Å². The lowest BCUT2D eigenvalue weighted by Gasteiger charge is -2.09. The van der Waals surface area contributed by atoms with Crippen LogP contribution in [0.3, 0.4) is 0 Å². The van der Waals surface area contributed by atoms with Crippen molar-refractivity contribution in [1.82, 2.24) is 0 Å². The summed E-state index contributed by atoms with van der Waals surface area (Å²) in [7, 11) is 0. The number of alkyl halides is 1. The zero-order chi connectivity index (χ0) is 18.6. The van der Waals surface area contributed by atoms with Crippen LogP contribution in [0.2, 0.25) is 0 Å². The van der Waals surface area contributed by atoms with Gasteiger partial charge in [0.2, 0.25) is 0 Å². The van der Waals surface area contributed by atoms with Gasteiger partial charge in [-0.1, -0.05) is 110 Å². The van der Waals surface area contributed by atoms with E-state index in [0.29, 0.717) is 6.61 Å². The molecule has 0 rings (SSSR count). The first-order chi connectivity index (χ1) is 12.2. The fraction of sp³-hybridized carbons (Fsp3) is 0.955. The molecule has 0 aliphatic carbocycles. The van der Waals surface area contributed by atoms with E-state index in [0.717, 1.165) is 25.7 Å². The molecule has 0 saturated carbocycles. The molecule has 3 heteroatoms. The van der Waals surface area contributed by atoms with E-state index in [1.807, 2.05) is 0 Å². The molecule has 25 heavy (non-hydrogen) atoms. The van der Waals surface area contributed by atoms with Gasteiger partial charge in [0, 0.05) is 0 Å². The molecule has 0 aliphatic heterocycles. The Bertz CT molecular complexity index is 281. The molecule has 0 radical (unpaired) electrons. The Balaban J connectivity index is 3.21. The minimum absolute atomic E-state index is 0.232. The number of hydrogen-bond acceptors (Lipinski definition) is 2. The third-order valence-corrected chi connectivity index (χ3v) is 5.21. The highest BCUT2D eigenvalue weighted by Crippen LogP contribution is 2.15. The summed E-state index contributed by atoms with van der Waals surface area (Å²) in [5.41, 5.74) is 0. The molecule has 0 spiro atoms. The van der Waals surface area contributed by atoms with E-state index in [2.05, 4.69) is 13.8 Å². The summed E-state index contributed by atoms with van der Waals surface area (Å²) in [4.78, 5) is 11.6. The molecule has 0 amide bonds. The van der Waals surface area contributed by atoms with Crippen LogP contribution in [0.5, 0.6) is 0 Å². The van der Waals surface area contributed by atoms with Crippen molar-refractivity contribution in [2.75, 3.05) is 6.61 Å². The molecule has 0 fully saturated rings. The van der Waals surface area contributed by atoms with Crippen LogP contribution in [-0.4, -0.2) is 18.0 Å². The second-order valence-corrected chi connectivity index (χ2v) is 7.90. The van der Waals surface area contributed by atoms with Gasteiger partial charge in [-0.3, -0.25) is 4.79 Å². The van der Waals surface area contributed by atoms with E-state index < -0.39 is 5.38 Å². The highest BCUT2D eigenvalue weighted by atomic mass is 35.5. The van der Waals surface area contributed by atoms with Gasteiger partial charge in [0.15, 0.2) is 0 Å². The average Bonchev–Trinajstić information content (AvgIpc) is 2.61. The highest BCUT2D eigenvalue weighted by Gasteiger charge is 2.15. The summed E-state index contributed by atoms with van der Waals surface area (Å²) < 4.78 is 5.14. The van der Waals surface area contributed by atoms with Gasteiger partial charge < -0.3 is 4.74 Å². The molecule has 0 aromatic rings. The van der Waals surface area contributed by atoms with Gasteiger partial charge in [0.25, 0.3) is 0 Å². The lowest BCUT2D eigenvalue weighted by atomic mass is 10.0. The van der Waals surface area contributed by atoms with Gasteiger partial charge in [0.05, 0.1) is 6.61 Å². The van der Waals surface area contributed by atoms with Crippen LogP contribution in [0.15, 0.2) is 0 Å². The zero-order valence-electron chi connectivity index (χ0n) is 17.0. The predicted octanol–water partition coefficient (Wildman–Crippen LogP) is 7.81. The van der Waals surface area contributed by atoms with Crippen molar-refractivity contribution >= 4 is 17.6 Å². The largest absolute Gasteiger partial charge is 0.465 e. The number of esters is 1. The van der Waals surface area contributed by atoms with Crippen molar-refractivity contribution in [3.05, 3.63) is 0 Å². The van der Waals surface area contributed by atoms with Crippen molar-refractivity contribution in [1.29, 1.82) is 0 Å².